The third-order valence-corrected chi connectivity index (χ3v) is 2.50. The van der Waals surface area contributed by atoms with E-state index in [1.807, 2.05) is 12.3 Å². The molecule has 0 N–H and O–H groups in total. The maximum Gasteiger partial charge on any atom is 0 e. The molecule has 0 unspecified atom stereocenters. The fraction of sp³-hybridized carbons (Fsp3) is 0.167. The summed E-state index contributed by atoms with van der Waals surface area (Å²) in [6.07, 6.45) is 1.83. The summed E-state index contributed by atoms with van der Waals surface area (Å²) in [7, 11) is 0. The van der Waals surface area contributed by atoms with E-state index in [0.717, 1.165) is 0 Å². The van der Waals surface area contributed by atoms with Crippen molar-refractivity contribution in [2.75, 3.05) is 0 Å². The Hall–Kier alpha value is 3.17. The number of rotatable bonds is 0. The Morgan fingerprint density at radius 2 is 1.75 bits per heavy atom. The van der Waals surface area contributed by atoms with Crippen molar-refractivity contribution in [1.29, 1.82) is 0 Å². The van der Waals surface area contributed by atoms with Crippen LogP contribution in [0.5, 0.6) is 0 Å². The maximum absolute atomic E-state index is 4.12. The number of aromatic nitrogens is 1. The Kier molecular flexibility index (Phi) is 28.8. The molecule has 12 heavy (non-hydrogen) atoms. The third kappa shape index (κ3) is 9.71. The van der Waals surface area contributed by atoms with Gasteiger partial charge in [-0.1, -0.05) is 0 Å². The smallest absolute Gasteiger partial charge is 0 e. The molecular formula is C6H6BNSnU3. The molecule has 0 spiro atoms. The predicted molar refractivity (Wildman–Crippen MR) is 40.1 cm³/mol. The van der Waals surface area contributed by atoms with Crippen molar-refractivity contribution >= 4 is 34.6 Å². The van der Waals surface area contributed by atoms with Crippen molar-refractivity contribution in [3.63, 3.8) is 0 Å². The maximum atomic E-state index is 4.12. The Balaban J connectivity index is -0.0000000800. The van der Waals surface area contributed by atoms with E-state index >= 15 is 0 Å². The molecular weight excluding hydrogens is 930 g/mol. The van der Waals surface area contributed by atoms with Gasteiger partial charge in [0.2, 0.25) is 0 Å². The first kappa shape index (κ1) is 24.4. The van der Waals surface area contributed by atoms with Gasteiger partial charge in [-0.25, -0.2) is 0 Å². The second kappa shape index (κ2) is 14.2. The van der Waals surface area contributed by atoms with E-state index in [0.29, 0.717) is 0 Å². The van der Waals surface area contributed by atoms with Crippen LogP contribution in [-0.4, -0.2) is 35.9 Å². The zero-order chi connectivity index (χ0) is 5.98. The van der Waals surface area contributed by atoms with Crippen LogP contribution in [0.1, 0.15) is 5.56 Å². The van der Waals surface area contributed by atoms with Gasteiger partial charge >= 0.3 is 62.0 Å². The summed E-state index contributed by atoms with van der Waals surface area (Å²) in [5.41, 5.74) is 1.30. The van der Waals surface area contributed by atoms with Gasteiger partial charge in [-0.15, -0.1) is 0 Å². The van der Waals surface area contributed by atoms with Crippen LogP contribution in [0.4, 0.5) is 0 Å². The normalized spacial score (nSPS) is 6.17. The molecule has 0 aromatic carbocycles. The molecule has 1 aromatic rings. The number of nitrogens with zero attached hydrogens (tertiary/aromatic N) is 1. The molecule has 0 aliphatic rings. The number of aryl methyl sites for hydroxylation is 1. The first-order chi connectivity index (χ1) is 3.80. The van der Waals surface area contributed by atoms with Crippen LogP contribution < -0.4 is 3.71 Å². The van der Waals surface area contributed by atoms with Crippen LogP contribution in [0.2, 0.25) is 0 Å². The van der Waals surface area contributed by atoms with Gasteiger partial charge in [0.1, 0.15) is 0 Å². The van der Waals surface area contributed by atoms with E-state index in [1.165, 1.54) is 31.8 Å². The van der Waals surface area contributed by atoms with Gasteiger partial charge in [0.15, 0.2) is 0 Å². The molecule has 0 fully saturated rings. The molecule has 0 bridgehead atoms. The minimum Gasteiger partial charge on any atom is 0 e. The fourth-order valence-electron chi connectivity index (χ4n) is 0.486. The zero-order valence-corrected chi connectivity index (χ0v) is 22.1. The summed E-state index contributed by atoms with van der Waals surface area (Å²) in [5, 5.41) is 0. The first-order valence-electron chi connectivity index (χ1n) is 2.44. The van der Waals surface area contributed by atoms with E-state index in [-0.39, 0.29) is 102 Å². The van der Waals surface area contributed by atoms with E-state index in [2.05, 4.69) is 18.0 Å². The molecule has 6 radical (unpaired) electrons. The molecule has 1 rings (SSSR count). The minimum atomic E-state index is 0. The Morgan fingerprint density at radius 3 is 2.00 bits per heavy atom. The van der Waals surface area contributed by atoms with Gasteiger partial charge in [-0.05, 0) is 0 Å². The number of hydrogen-bond acceptors (Lipinski definition) is 1. The first-order valence-corrected chi connectivity index (χ1v) is 3.86. The second-order valence-electron chi connectivity index (χ2n) is 1.67. The van der Waals surface area contributed by atoms with Crippen molar-refractivity contribution in [1.82, 2.24) is 4.98 Å². The standard InChI is InChI=1S/C6H6N.B.Sn.3U/c1-6-3-2-4-7-5-6;;;;;/h2-4H,1H3;;;;;. The quantitative estimate of drug-likeness (QED) is 0.330. The largest absolute Gasteiger partial charge is 0 e. The van der Waals surface area contributed by atoms with Crippen LogP contribution >= 0.6 is 0 Å². The van der Waals surface area contributed by atoms with Crippen molar-refractivity contribution in [3.05, 3.63) is 23.9 Å². The van der Waals surface area contributed by atoms with Gasteiger partial charge < -0.3 is 0 Å². The molecule has 54 valence electrons. The molecule has 0 aliphatic heterocycles. The molecule has 6 heteroatoms. The van der Waals surface area contributed by atoms with Gasteiger partial charge in [0.05, 0.1) is 0 Å². The summed E-state index contributed by atoms with van der Waals surface area (Å²) in [5.74, 6) is 0. The monoisotopic (exact) mass is 937 g/mol. The van der Waals surface area contributed by atoms with Crippen LogP contribution in [0.25, 0.3) is 0 Å². The predicted octanol–water partition coefficient (Wildman–Crippen LogP) is -0.197. The zero-order valence-electron chi connectivity index (χ0n) is 6.76. The van der Waals surface area contributed by atoms with Gasteiger partial charge in [0, 0.05) is 102 Å². The Morgan fingerprint density at radius 1 is 1.25 bits per heavy atom. The molecule has 1 nitrogen and oxygen atoms in total. The second-order valence-corrected chi connectivity index (χ2v) is 3.02. The molecule has 0 saturated heterocycles. The fourth-order valence-corrected chi connectivity index (χ4v) is 0.936. The van der Waals surface area contributed by atoms with Crippen LogP contribution in [0.3, 0.4) is 0 Å². The van der Waals surface area contributed by atoms with Gasteiger partial charge in [-0.2, -0.15) is 0 Å². The Labute approximate surface area is 160 Å². The molecule has 1 heterocycles. The van der Waals surface area contributed by atoms with E-state index in [1.54, 1.807) is 0 Å². The molecule has 0 atom stereocenters. The molecule has 0 aliphatic carbocycles. The van der Waals surface area contributed by atoms with E-state index in [9.17, 15) is 0 Å². The third-order valence-electron chi connectivity index (χ3n) is 1.01. The summed E-state index contributed by atoms with van der Waals surface area (Å²) in [4.78, 5) is 4.12. The van der Waals surface area contributed by atoms with Crippen molar-refractivity contribution in [2.24, 2.45) is 0 Å². The summed E-state index contributed by atoms with van der Waals surface area (Å²) in [6.45, 7) is 2.08. The molecule has 0 amide bonds. The van der Waals surface area contributed by atoms with Gasteiger partial charge in [0.25, 0.3) is 0 Å². The van der Waals surface area contributed by atoms with Crippen molar-refractivity contribution in [3.8, 4) is 0 Å². The van der Waals surface area contributed by atoms with Gasteiger partial charge in [-0.3, -0.25) is 0 Å². The molecule has 0 saturated carbocycles. The summed E-state index contributed by atoms with van der Waals surface area (Å²) < 4.78 is 1.21. The van der Waals surface area contributed by atoms with E-state index < -0.39 is 0 Å². The topological polar surface area (TPSA) is 12.9 Å². The van der Waals surface area contributed by atoms with E-state index in [4.69, 9.17) is 0 Å². The Bertz CT molecular complexity index is 179. The minimum absolute atomic E-state index is 0. The SMILES string of the molecule is Cc1cccn[c]1[Sn].[B].[U].[U].[U]. The summed E-state index contributed by atoms with van der Waals surface area (Å²) in [6, 6.07) is 4.04. The average Bonchev–Trinajstić information content (AvgIpc) is 1.77. The van der Waals surface area contributed by atoms with Crippen molar-refractivity contribution < 1.29 is 93.3 Å². The van der Waals surface area contributed by atoms with Crippen LogP contribution in [0.15, 0.2) is 18.3 Å². The van der Waals surface area contributed by atoms with Crippen LogP contribution in [0, 0.1) is 100 Å². The number of pyridine rings is 1. The molecule has 1 aromatic heterocycles. The van der Waals surface area contributed by atoms with Crippen LogP contribution in [-0.2, 0) is 0 Å². The van der Waals surface area contributed by atoms with Crippen molar-refractivity contribution in [2.45, 2.75) is 6.92 Å². The number of hydrogen-bond donors (Lipinski definition) is 0. The summed E-state index contributed by atoms with van der Waals surface area (Å²) >= 11 is 1.40. The average molecular weight is 936 g/mol.